The minimum Gasteiger partial charge on any atom is -0.484 e. The average molecular weight is 516 g/mol. The summed E-state index contributed by atoms with van der Waals surface area (Å²) >= 11 is 0. The quantitative estimate of drug-likeness (QED) is 0.341. The number of fused-ring (bicyclic) bond motifs is 1. The zero-order valence-corrected chi connectivity index (χ0v) is 20.9. The number of pyridine rings is 2. The van der Waals surface area contributed by atoms with Crippen LogP contribution in [0.15, 0.2) is 66.9 Å². The molecule has 0 spiro atoms. The van der Waals surface area contributed by atoms with Crippen LogP contribution in [0.4, 0.5) is 4.39 Å². The SMILES string of the molecule is COC(=O)c1nc(C(=O)N2CCOCC2)c2cc(Cc3ccc(F)cc3)cnc2c1OCc1ccccc1. The van der Waals surface area contributed by atoms with Crippen LogP contribution in [0.1, 0.15) is 37.7 Å². The number of carbonyl (C=O) groups is 2. The highest BCUT2D eigenvalue weighted by Crippen LogP contribution is 2.32. The number of esters is 1. The number of carbonyl (C=O) groups excluding carboxylic acids is 2. The highest BCUT2D eigenvalue weighted by molar-refractivity contribution is 6.09. The first kappa shape index (κ1) is 25.3. The number of rotatable bonds is 7. The number of nitrogens with zero attached hydrogens (tertiary/aromatic N) is 3. The van der Waals surface area contributed by atoms with Crippen LogP contribution in [0.3, 0.4) is 0 Å². The zero-order chi connectivity index (χ0) is 26.5. The van der Waals surface area contributed by atoms with Crippen molar-refractivity contribution in [3.63, 3.8) is 0 Å². The summed E-state index contributed by atoms with van der Waals surface area (Å²) in [5.74, 6) is -1.24. The monoisotopic (exact) mass is 515 g/mol. The predicted molar refractivity (Wildman–Crippen MR) is 138 cm³/mol. The summed E-state index contributed by atoms with van der Waals surface area (Å²) in [5, 5.41) is 0.455. The molecule has 1 saturated heterocycles. The molecular formula is C29H26FN3O5. The lowest BCUT2D eigenvalue weighted by Gasteiger charge is -2.27. The number of ether oxygens (including phenoxy) is 3. The van der Waals surface area contributed by atoms with Crippen molar-refractivity contribution in [3.8, 4) is 5.75 Å². The Morgan fingerprint density at radius 3 is 2.42 bits per heavy atom. The molecule has 0 bridgehead atoms. The van der Waals surface area contributed by atoms with Crippen molar-refractivity contribution in [3.05, 3.63) is 101 Å². The average Bonchev–Trinajstić information content (AvgIpc) is 2.97. The molecule has 2 aromatic heterocycles. The summed E-state index contributed by atoms with van der Waals surface area (Å²) in [6, 6.07) is 17.5. The van der Waals surface area contributed by atoms with Crippen molar-refractivity contribution in [2.75, 3.05) is 33.4 Å². The van der Waals surface area contributed by atoms with E-state index < -0.39 is 5.97 Å². The Morgan fingerprint density at radius 1 is 0.974 bits per heavy atom. The van der Waals surface area contributed by atoms with Gasteiger partial charge in [-0.2, -0.15) is 0 Å². The maximum atomic E-state index is 13.6. The highest BCUT2D eigenvalue weighted by atomic mass is 19.1. The van der Waals surface area contributed by atoms with E-state index in [1.807, 2.05) is 36.4 Å². The van der Waals surface area contributed by atoms with Crippen LogP contribution in [0.2, 0.25) is 0 Å². The topological polar surface area (TPSA) is 90.9 Å². The van der Waals surface area contributed by atoms with E-state index in [-0.39, 0.29) is 35.5 Å². The second-order valence-electron chi connectivity index (χ2n) is 8.85. The summed E-state index contributed by atoms with van der Waals surface area (Å²) in [6.07, 6.45) is 2.12. The van der Waals surface area contributed by atoms with E-state index in [9.17, 15) is 14.0 Å². The Hall–Kier alpha value is -4.37. The molecule has 0 N–H and O–H groups in total. The smallest absolute Gasteiger partial charge is 0.360 e. The molecule has 1 fully saturated rings. The fourth-order valence-electron chi connectivity index (χ4n) is 4.32. The molecule has 0 radical (unpaired) electrons. The van der Waals surface area contributed by atoms with Gasteiger partial charge in [0.25, 0.3) is 5.91 Å². The normalized spacial score (nSPS) is 13.4. The van der Waals surface area contributed by atoms with E-state index in [2.05, 4.69) is 9.97 Å². The minimum atomic E-state index is -0.733. The van der Waals surface area contributed by atoms with Crippen LogP contribution < -0.4 is 4.74 Å². The van der Waals surface area contributed by atoms with Crippen LogP contribution in [0, 0.1) is 5.82 Å². The van der Waals surface area contributed by atoms with E-state index in [1.165, 1.54) is 19.2 Å². The molecule has 0 saturated carbocycles. The fourth-order valence-corrected chi connectivity index (χ4v) is 4.32. The van der Waals surface area contributed by atoms with Crippen LogP contribution in [0.5, 0.6) is 5.75 Å². The molecule has 0 aliphatic carbocycles. The molecule has 9 heteroatoms. The van der Waals surface area contributed by atoms with Gasteiger partial charge in [-0.3, -0.25) is 9.78 Å². The lowest BCUT2D eigenvalue weighted by molar-refractivity contribution is 0.0300. The third-order valence-corrected chi connectivity index (χ3v) is 6.28. The van der Waals surface area contributed by atoms with Gasteiger partial charge >= 0.3 is 5.97 Å². The molecule has 2 aromatic carbocycles. The lowest BCUT2D eigenvalue weighted by atomic mass is 10.0. The largest absolute Gasteiger partial charge is 0.484 e. The number of aromatic nitrogens is 2. The van der Waals surface area contributed by atoms with Crippen LogP contribution >= 0.6 is 0 Å². The van der Waals surface area contributed by atoms with Crippen molar-refractivity contribution in [1.82, 2.24) is 14.9 Å². The van der Waals surface area contributed by atoms with Crippen molar-refractivity contribution in [2.45, 2.75) is 13.0 Å². The number of methoxy groups -OCH3 is 1. The minimum absolute atomic E-state index is 0.0859. The Labute approximate surface area is 219 Å². The van der Waals surface area contributed by atoms with Crippen molar-refractivity contribution in [2.24, 2.45) is 0 Å². The molecule has 1 aliphatic rings. The molecule has 0 atom stereocenters. The first-order valence-electron chi connectivity index (χ1n) is 12.2. The third-order valence-electron chi connectivity index (χ3n) is 6.28. The molecule has 4 aromatic rings. The molecule has 0 unspecified atom stereocenters. The van der Waals surface area contributed by atoms with Gasteiger partial charge in [-0.15, -0.1) is 0 Å². The van der Waals surface area contributed by atoms with Crippen LogP contribution in [-0.2, 0) is 22.5 Å². The third kappa shape index (κ3) is 5.47. The van der Waals surface area contributed by atoms with Crippen molar-refractivity contribution in [1.29, 1.82) is 0 Å². The van der Waals surface area contributed by atoms with Gasteiger partial charge in [-0.05, 0) is 41.3 Å². The Balaban J connectivity index is 1.63. The van der Waals surface area contributed by atoms with E-state index in [4.69, 9.17) is 14.2 Å². The Morgan fingerprint density at radius 2 is 1.71 bits per heavy atom. The summed E-state index contributed by atoms with van der Waals surface area (Å²) < 4.78 is 29.9. The van der Waals surface area contributed by atoms with E-state index in [1.54, 1.807) is 23.2 Å². The molecular weight excluding hydrogens is 489 g/mol. The summed E-state index contributed by atoms with van der Waals surface area (Å²) in [4.78, 5) is 37.2. The van der Waals surface area contributed by atoms with Crippen LogP contribution in [-0.4, -0.2) is 60.2 Å². The number of hydrogen-bond acceptors (Lipinski definition) is 7. The maximum absolute atomic E-state index is 13.6. The number of hydrogen-bond donors (Lipinski definition) is 0. The van der Waals surface area contributed by atoms with Gasteiger partial charge in [0, 0.05) is 24.7 Å². The molecule has 1 aliphatic heterocycles. The predicted octanol–water partition coefficient (Wildman–Crippen LogP) is 4.20. The Kier molecular flexibility index (Phi) is 7.55. The Bertz CT molecular complexity index is 1460. The van der Waals surface area contributed by atoms with Gasteiger partial charge in [0.2, 0.25) is 0 Å². The number of amides is 1. The number of morpholine rings is 1. The summed E-state index contributed by atoms with van der Waals surface area (Å²) in [7, 11) is 1.25. The first-order valence-corrected chi connectivity index (χ1v) is 12.2. The second-order valence-corrected chi connectivity index (χ2v) is 8.85. The summed E-state index contributed by atoms with van der Waals surface area (Å²) in [6.45, 7) is 1.81. The maximum Gasteiger partial charge on any atom is 0.360 e. The van der Waals surface area contributed by atoms with Gasteiger partial charge in [-0.25, -0.2) is 14.2 Å². The molecule has 8 nitrogen and oxygen atoms in total. The standard InChI is InChI=1S/C29H26FN3O5/c1-36-29(35)26-27(38-18-20-5-3-2-4-6-20)24-23(25(32-26)28(34)33-11-13-37-14-12-33)16-21(17-31-24)15-19-7-9-22(30)10-8-19/h2-10,16-17H,11-15,18H2,1H3. The number of halogens is 1. The van der Waals surface area contributed by atoms with E-state index >= 15 is 0 Å². The lowest BCUT2D eigenvalue weighted by Crippen LogP contribution is -2.41. The first-order chi connectivity index (χ1) is 18.5. The van der Waals surface area contributed by atoms with Gasteiger partial charge in [0.1, 0.15) is 23.6 Å². The number of benzene rings is 2. The van der Waals surface area contributed by atoms with Gasteiger partial charge < -0.3 is 19.1 Å². The molecule has 1 amide bonds. The fraction of sp³-hybridized carbons (Fsp3) is 0.241. The van der Waals surface area contributed by atoms with Crippen molar-refractivity contribution < 1.29 is 28.2 Å². The van der Waals surface area contributed by atoms with Crippen LogP contribution in [0.25, 0.3) is 10.9 Å². The van der Waals surface area contributed by atoms with Gasteiger partial charge in [0.15, 0.2) is 11.4 Å². The highest BCUT2D eigenvalue weighted by Gasteiger charge is 2.28. The van der Waals surface area contributed by atoms with E-state index in [0.29, 0.717) is 43.6 Å². The molecule has 3 heterocycles. The van der Waals surface area contributed by atoms with E-state index in [0.717, 1.165) is 16.7 Å². The zero-order valence-electron chi connectivity index (χ0n) is 20.9. The molecule has 194 valence electrons. The molecule has 5 rings (SSSR count). The van der Waals surface area contributed by atoms with Gasteiger partial charge in [0.05, 0.1) is 20.3 Å². The van der Waals surface area contributed by atoms with Gasteiger partial charge in [-0.1, -0.05) is 42.5 Å². The second kappa shape index (κ2) is 11.4. The van der Waals surface area contributed by atoms with Crippen molar-refractivity contribution >= 4 is 22.8 Å². The molecule has 38 heavy (non-hydrogen) atoms. The summed E-state index contributed by atoms with van der Waals surface area (Å²) in [5.41, 5.74) is 2.86.